The molecule has 0 saturated carbocycles. The van der Waals surface area contributed by atoms with Crippen LogP contribution in [0.15, 0.2) is 58.4 Å². The number of likely N-dealkylation sites (N-methyl/N-ethyl adjacent to an activating group) is 1. The first-order valence-corrected chi connectivity index (χ1v) is 11.5. The van der Waals surface area contributed by atoms with Crippen molar-refractivity contribution in [2.45, 2.75) is 25.3 Å². The molecule has 0 atom stereocenters. The van der Waals surface area contributed by atoms with E-state index in [2.05, 4.69) is 58.6 Å². The second-order valence-corrected chi connectivity index (χ2v) is 9.35. The van der Waals surface area contributed by atoms with E-state index in [1.807, 2.05) is 12.1 Å². The van der Waals surface area contributed by atoms with Crippen molar-refractivity contribution in [3.8, 4) is 0 Å². The summed E-state index contributed by atoms with van der Waals surface area (Å²) in [6.07, 6.45) is 0. The van der Waals surface area contributed by atoms with E-state index in [4.69, 9.17) is 0 Å². The van der Waals surface area contributed by atoms with Crippen LogP contribution < -0.4 is 15.5 Å². The lowest BCUT2D eigenvalue weighted by atomic mass is 10.2. The van der Waals surface area contributed by atoms with E-state index >= 15 is 0 Å². The molecular formula is C22H34IN5O2S. The highest BCUT2D eigenvalue weighted by Crippen LogP contribution is 2.15. The van der Waals surface area contributed by atoms with Gasteiger partial charge in [-0.3, -0.25) is 4.99 Å². The van der Waals surface area contributed by atoms with Crippen LogP contribution in [-0.4, -0.2) is 59.5 Å². The predicted molar refractivity (Wildman–Crippen MR) is 140 cm³/mol. The van der Waals surface area contributed by atoms with Crippen LogP contribution in [0.25, 0.3) is 0 Å². The summed E-state index contributed by atoms with van der Waals surface area (Å²) < 4.78 is 25.5. The maximum Gasteiger partial charge on any atom is 0.242 e. The van der Waals surface area contributed by atoms with Crippen LogP contribution in [0.2, 0.25) is 0 Å². The zero-order valence-corrected chi connectivity index (χ0v) is 22.1. The van der Waals surface area contributed by atoms with Crippen LogP contribution in [0.1, 0.15) is 18.1 Å². The molecule has 0 aliphatic rings. The van der Waals surface area contributed by atoms with E-state index in [-0.39, 0.29) is 28.9 Å². The predicted octanol–water partition coefficient (Wildman–Crippen LogP) is 3.05. The molecule has 0 aromatic heterocycles. The molecule has 0 unspecified atom stereocenters. The van der Waals surface area contributed by atoms with Gasteiger partial charge < -0.3 is 15.5 Å². The molecule has 0 amide bonds. The monoisotopic (exact) mass is 559 g/mol. The number of aryl methyl sites for hydroxylation is 1. The van der Waals surface area contributed by atoms with Gasteiger partial charge in [0.05, 0.1) is 4.90 Å². The van der Waals surface area contributed by atoms with Gasteiger partial charge in [-0.25, -0.2) is 12.7 Å². The number of nitrogens with one attached hydrogen (secondary N) is 2. The molecule has 0 saturated heterocycles. The van der Waals surface area contributed by atoms with Crippen molar-refractivity contribution in [3.63, 3.8) is 0 Å². The maximum absolute atomic E-state index is 12.2. The second kappa shape index (κ2) is 12.9. The van der Waals surface area contributed by atoms with Gasteiger partial charge in [0, 0.05) is 53.0 Å². The fraction of sp³-hybridized carbons (Fsp3) is 0.409. The van der Waals surface area contributed by atoms with E-state index in [0.29, 0.717) is 12.5 Å². The third kappa shape index (κ3) is 7.97. The number of rotatable bonds is 9. The van der Waals surface area contributed by atoms with Crippen LogP contribution in [0.3, 0.4) is 0 Å². The zero-order chi connectivity index (χ0) is 22.1. The Morgan fingerprint density at radius 2 is 1.74 bits per heavy atom. The fourth-order valence-corrected chi connectivity index (χ4v) is 3.90. The Bertz CT molecular complexity index is 947. The van der Waals surface area contributed by atoms with Crippen LogP contribution in [0.5, 0.6) is 0 Å². The van der Waals surface area contributed by atoms with E-state index in [9.17, 15) is 8.42 Å². The number of hydrogen-bond acceptors (Lipinski definition) is 4. The lowest BCUT2D eigenvalue weighted by Gasteiger charge is -2.24. The Morgan fingerprint density at radius 3 is 2.29 bits per heavy atom. The lowest BCUT2D eigenvalue weighted by Crippen LogP contribution is -2.41. The number of benzene rings is 2. The maximum atomic E-state index is 12.2. The third-order valence-electron chi connectivity index (χ3n) is 4.81. The van der Waals surface area contributed by atoms with Crippen molar-refractivity contribution in [2.75, 3.05) is 45.7 Å². The summed E-state index contributed by atoms with van der Waals surface area (Å²) in [6, 6.07) is 15.4. The molecule has 0 fully saturated rings. The van der Waals surface area contributed by atoms with Crippen LogP contribution >= 0.6 is 24.0 Å². The highest BCUT2D eigenvalue weighted by Gasteiger charge is 2.16. The summed E-state index contributed by atoms with van der Waals surface area (Å²) in [4.78, 5) is 6.87. The molecule has 2 rings (SSSR count). The Kier molecular flexibility index (Phi) is 11.3. The van der Waals surface area contributed by atoms with Gasteiger partial charge >= 0.3 is 0 Å². The van der Waals surface area contributed by atoms with E-state index in [1.165, 1.54) is 29.7 Å². The van der Waals surface area contributed by atoms with Crippen molar-refractivity contribution in [3.05, 3.63) is 59.7 Å². The Labute approximate surface area is 204 Å². The number of anilines is 1. The van der Waals surface area contributed by atoms with Gasteiger partial charge in [0.2, 0.25) is 10.0 Å². The van der Waals surface area contributed by atoms with Crippen molar-refractivity contribution < 1.29 is 8.42 Å². The van der Waals surface area contributed by atoms with Gasteiger partial charge in [0.15, 0.2) is 5.96 Å². The molecule has 0 aliphatic heterocycles. The molecule has 2 aromatic rings. The minimum atomic E-state index is -3.41. The number of guanidine groups is 1. The highest BCUT2D eigenvalue weighted by molar-refractivity contribution is 14.0. The molecule has 2 aromatic carbocycles. The van der Waals surface area contributed by atoms with Crippen molar-refractivity contribution in [2.24, 2.45) is 4.99 Å². The summed E-state index contributed by atoms with van der Waals surface area (Å²) in [7, 11) is 1.38. The summed E-state index contributed by atoms with van der Waals surface area (Å²) in [6.45, 7) is 7.34. The van der Waals surface area contributed by atoms with E-state index < -0.39 is 10.0 Å². The summed E-state index contributed by atoms with van der Waals surface area (Å²) in [5.74, 6) is 0.709. The quantitative estimate of drug-likeness (QED) is 0.281. The van der Waals surface area contributed by atoms with Gasteiger partial charge in [-0.15, -0.1) is 24.0 Å². The Balaban J connectivity index is 0.00000480. The molecule has 9 heteroatoms. The molecule has 0 spiro atoms. The van der Waals surface area contributed by atoms with E-state index in [0.717, 1.165) is 25.2 Å². The molecule has 0 aliphatic carbocycles. The summed E-state index contributed by atoms with van der Waals surface area (Å²) in [5.41, 5.74) is 3.45. The van der Waals surface area contributed by atoms with Crippen LogP contribution in [0, 0.1) is 6.92 Å². The number of sulfonamides is 1. The minimum Gasteiger partial charge on any atom is -0.370 e. The Hall–Kier alpha value is -1.85. The number of hydrogen-bond donors (Lipinski definition) is 2. The molecule has 0 heterocycles. The van der Waals surface area contributed by atoms with Gasteiger partial charge in [-0.05, 0) is 49.2 Å². The SMILES string of the molecule is CCN(CCNC(=NC)NCc1ccc(S(=O)(=O)N(C)C)cc1)c1cccc(C)c1.I. The molecule has 0 bridgehead atoms. The van der Waals surface area contributed by atoms with Gasteiger partial charge in [-0.2, -0.15) is 0 Å². The van der Waals surface area contributed by atoms with Crippen LogP contribution in [0.4, 0.5) is 5.69 Å². The van der Waals surface area contributed by atoms with Crippen molar-refractivity contribution in [1.82, 2.24) is 14.9 Å². The van der Waals surface area contributed by atoms with Crippen molar-refractivity contribution >= 4 is 45.6 Å². The number of nitrogens with zero attached hydrogens (tertiary/aromatic N) is 3. The average molecular weight is 560 g/mol. The molecular weight excluding hydrogens is 525 g/mol. The normalized spacial score (nSPS) is 11.7. The smallest absolute Gasteiger partial charge is 0.242 e. The van der Waals surface area contributed by atoms with Crippen LogP contribution in [-0.2, 0) is 16.6 Å². The molecule has 31 heavy (non-hydrogen) atoms. The average Bonchev–Trinajstić information content (AvgIpc) is 2.73. The molecule has 7 nitrogen and oxygen atoms in total. The standard InChI is InChI=1S/C22H33N5O2S.HI/c1-6-27(20-9-7-8-18(2)16-20)15-14-24-22(23-3)25-17-19-10-12-21(13-11-19)30(28,29)26(4)5;/h7-13,16H,6,14-15,17H2,1-5H3,(H2,23,24,25);1H. The van der Waals surface area contributed by atoms with Gasteiger partial charge in [0.25, 0.3) is 0 Å². The first kappa shape index (κ1) is 27.2. The topological polar surface area (TPSA) is 77.0 Å². The molecule has 0 radical (unpaired) electrons. The van der Waals surface area contributed by atoms with Gasteiger partial charge in [0.1, 0.15) is 0 Å². The molecule has 172 valence electrons. The summed E-state index contributed by atoms with van der Waals surface area (Å²) in [5, 5.41) is 6.60. The van der Waals surface area contributed by atoms with E-state index in [1.54, 1.807) is 19.2 Å². The first-order chi connectivity index (χ1) is 14.3. The number of aliphatic imine (C=N–C) groups is 1. The highest BCUT2D eigenvalue weighted by atomic mass is 127. The lowest BCUT2D eigenvalue weighted by molar-refractivity contribution is 0.520. The molecule has 2 N–H and O–H groups in total. The summed E-state index contributed by atoms with van der Waals surface area (Å²) >= 11 is 0. The number of halogens is 1. The largest absolute Gasteiger partial charge is 0.370 e. The first-order valence-electron chi connectivity index (χ1n) is 10.1. The minimum absolute atomic E-state index is 0. The van der Waals surface area contributed by atoms with Crippen molar-refractivity contribution in [1.29, 1.82) is 0 Å². The fourth-order valence-electron chi connectivity index (χ4n) is 3.00. The van der Waals surface area contributed by atoms with Gasteiger partial charge in [-0.1, -0.05) is 24.3 Å². The Morgan fingerprint density at radius 1 is 1.06 bits per heavy atom. The third-order valence-corrected chi connectivity index (χ3v) is 6.64. The second-order valence-electron chi connectivity index (χ2n) is 7.20. The zero-order valence-electron chi connectivity index (χ0n) is 18.9.